The van der Waals surface area contributed by atoms with Gasteiger partial charge in [-0.1, -0.05) is 18.2 Å². The van der Waals surface area contributed by atoms with E-state index in [-0.39, 0.29) is 6.42 Å². The average Bonchev–Trinajstić information content (AvgIpc) is 2.93. The van der Waals surface area contributed by atoms with Crippen LogP contribution in [0.15, 0.2) is 72.8 Å². The molecule has 1 atom stereocenters. The Labute approximate surface area is 149 Å². The molecule has 0 amide bonds. The van der Waals surface area contributed by atoms with Crippen molar-refractivity contribution >= 4 is 22.9 Å². The minimum atomic E-state index is -0.852. The minimum Gasteiger partial charge on any atom is -0.481 e. The largest absolute Gasteiger partial charge is 0.481 e. The van der Waals surface area contributed by atoms with Crippen LogP contribution in [0.5, 0.6) is 5.75 Å². The molecular weight excluding hydrogens is 328 g/mol. The number of H-pyrrole nitrogens is 1. The molecule has 26 heavy (non-hydrogen) atoms. The second-order valence-corrected chi connectivity index (χ2v) is 6.49. The predicted molar refractivity (Wildman–Crippen MR) is 99.4 cm³/mol. The Morgan fingerprint density at radius 1 is 1.19 bits per heavy atom. The first-order valence-corrected chi connectivity index (χ1v) is 8.43. The lowest BCUT2D eigenvalue weighted by atomic mass is 9.91. The Kier molecular flexibility index (Phi) is 3.00. The smallest absolute Gasteiger partial charge is 0.307 e. The molecule has 128 valence electrons. The second kappa shape index (κ2) is 5.26. The third-order valence-electron chi connectivity index (χ3n) is 4.95. The van der Waals surface area contributed by atoms with Crippen molar-refractivity contribution in [1.82, 2.24) is 9.88 Å². The third-order valence-corrected chi connectivity index (χ3v) is 4.95. The number of benzene rings is 1. The van der Waals surface area contributed by atoms with E-state index in [9.17, 15) is 9.90 Å². The van der Waals surface area contributed by atoms with Crippen LogP contribution in [0.1, 0.15) is 11.1 Å². The van der Waals surface area contributed by atoms with Crippen LogP contribution in [0.25, 0.3) is 17.0 Å². The van der Waals surface area contributed by atoms with Crippen LogP contribution < -0.4 is 4.74 Å². The number of ether oxygens (including phenoxy) is 1. The molecule has 1 aromatic heterocycles. The van der Waals surface area contributed by atoms with Crippen molar-refractivity contribution in [2.75, 3.05) is 0 Å². The number of nitrogens with one attached hydrogen (secondary N) is 1. The average molecular weight is 344 g/mol. The Hall–Kier alpha value is -3.47. The molecule has 3 aliphatic heterocycles. The second-order valence-electron chi connectivity index (χ2n) is 6.49. The van der Waals surface area contributed by atoms with Gasteiger partial charge < -0.3 is 19.7 Å². The van der Waals surface area contributed by atoms with Gasteiger partial charge in [-0.05, 0) is 42.0 Å². The molecule has 2 N–H and O–H groups in total. The summed E-state index contributed by atoms with van der Waals surface area (Å²) >= 11 is 0. The Morgan fingerprint density at radius 2 is 2.04 bits per heavy atom. The van der Waals surface area contributed by atoms with Crippen LogP contribution in [0, 0.1) is 0 Å². The summed E-state index contributed by atoms with van der Waals surface area (Å²) in [6, 6.07) is 3.87. The summed E-state index contributed by atoms with van der Waals surface area (Å²) < 4.78 is 6.50. The van der Waals surface area contributed by atoms with E-state index in [1.807, 2.05) is 65.9 Å². The molecule has 0 fully saturated rings. The monoisotopic (exact) mass is 344 g/mol. The van der Waals surface area contributed by atoms with E-state index in [0.717, 1.165) is 33.4 Å². The Bertz CT molecular complexity index is 1080. The first-order chi connectivity index (χ1) is 12.7. The molecule has 3 aliphatic rings. The molecule has 0 aliphatic carbocycles. The van der Waals surface area contributed by atoms with Gasteiger partial charge in [-0.2, -0.15) is 0 Å². The van der Waals surface area contributed by atoms with Crippen LogP contribution in [-0.2, 0) is 11.2 Å². The van der Waals surface area contributed by atoms with Crippen LogP contribution in [0.4, 0.5) is 0 Å². The van der Waals surface area contributed by atoms with Gasteiger partial charge >= 0.3 is 5.97 Å². The highest BCUT2D eigenvalue weighted by Gasteiger charge is 2.42. The SMILES string of the molecule is O=C(O)Cc1c[nH]c2ccc3c(c12)C=C1C=CC=CN2C=CC=CC12O3. The summed E-state index contributed by atoms with van der Waals surface area (Å²) in [5, 5.41) is 10.1. The molecule has 5 nitrogen and oxygen atoms in total. The number of carbonyl (C=O) groups is 1. The molecule has 1 spiro atoms. The van der Waals surface area contributed by atoms with Gasteiger partial charge in [0, 0.05) is 40.6 Å². The minimum absolute atomic E-state index is 0.0308. The molecule has 0 saturated carbocycles. The van der Waals surface area contributed by atoms with Crippen molar-refractivity contribution in [3.8, 4) is 5.75 Å². The number of allylic oxidation sites excluding steroid dienone is 4. The quantitative estimate of drug-likeness (QED) is 0.871. The van der Waals surface area contributed by atoms with Crippen LogP contribution >= 0.6 is 0 Å². The standard InChI is InChI=1S/C21H16N2O3/c24-19(25)11-14-13-22-17-6-7-18-16(20(14)17)12-15-5-1-3-9-23-10-4-2-8-21(15,23)26-18/h1-10,12-13,22H,11H2,(H,24,25). The summed E-state index contributed by atoms with van der Waals surface area (Å²) in [4.78, 5) is 16.4. The number of nitrogens with zero attached hydrogens (tertiary/aromatic N) is 1. The van der Waals surface area contributed by atoms with E-state index in [2.05, 4.69) is 11.1 Å². The highest BCUT2D eigenvalue weighted by Crippen LogP contribution is 2.44. The van der Waals surface area contributed by atoms with Crippen molar-refractivity contribution in [1.29, 1.82) is 0 Å². The number of aromatic nitrogens is 1. The lowest BCUT2D eigenvalue weighted by Crippen LogP contribution is -2.49. The fourth-order valence-corrected chi connectivity index (χ4v) is 3.81. The van der Waals surface area contributed by atoms with Crippen molar-refractivity contribution < 1.29 is 14.6 Å². The van der Waals surface area contributed by atoms with Gasteiger partial charge in [0.05, 0.1) is 6.42 Å². The maximum absolute atomic E-state index is 11.2. The van der Waals surface area contributed by atoms with Gasteiger partial charge in [0.2, 0.25) is 5.72 Å². The molecule has 0 radical (unpaired) electrons. The predicted octanol–water partition coefficient (Wildman–Crippen LogP) is 3.74. The normalized spacial score (nSPS) is 22.3. The van der Waals surface area contributed by atoms with Crippen molar-refractivity contribution in [3.63, 3.8) is 0 Å². The van der Waals surface area contributed by atoms with Crippen molar-refractivity contribution in [2.45, 2.75) is 12.1 Å². The number of hydrogen-bond acceptors (Lipinski definition) is 3. The van der Waals surface area contributed by atoms with E-state index in [4.69, 9.17) is 4.74 Å². The van der Waals surface area contributed by atoms with E-state index in [1.54, 1.807) is 6.20 Å². The van der Waals surface area contributed by atoms with Gasteiger partial charge in [0.15, 0.2) is 0 Å². The molecule has 5 heteroatoms. The number of aliphatic carboxylic acids is 1. The number of hydrogen-bond donors (Lipinski definition) is 2. The Balaban J connectivity index is 1.75. The van der Waals surface area contributed by atoms with Gasteiger partial charge in [0.1, 0.15) is 5.75 Å². The number of fused-ring (bicyclic) bond motifs is 3. The van der Waals surface area contributed by atoms with E-state index < -0.39 is 11.7 Å². The molecule has 5 rings (SSSR count). The lowest BCUT2D eigenvalue weighted by Gasteiger charge is -2.43. The zero-order valence-electron chi connectivity index (χ0n) is 13.8. The zero-order valence-corrected chi connectivity index (χ0v) is 13.8. The number of carboxylic acids is 1. The van der Waals surface area contributed by atoms with Crippen molar-refractivity contribution in [2.24, 2.45) is 0 Å². The van der Waals surface area contributed by atoms with Crippen LogP contribution in [0.2, 0.25) is 0 Å². The molecular formula is C21H16N2O3. The molecule has 1 unspecified atom stereocenters. The fourth-order valence-electron chi connectivity index (χ4n) is 3.81. The highest BCUT2D eigenvalue weighted by atomic mass is 16.5. The van der Waals surface area contributed by atoms with E-state index >= 15 is 0 Å². The number of carboxylic acid groups (broad SMARTS) is 1. The molecule has 4 heterocycles. The maximum Gasteiger partial charge on any atom is 0.307 e. The van der Waals surface area contributed by atoms with Crippen LogP contribution in [-0.4, -0.2) is 26.7 Å². The topological polar surface area (TPSA) is 65.6 Å². The summed E-state index contributed by atoms with van der Waals surface area (Å²) in [5.74, 6) is -0.115. The first-order valence-electron chi connectivity index (χ1n) is 8.43. The highest BCUT2D eigenvalue weighted by molar-refractivity contribution is 5.97. The Morgan fingerprint density at radius 3 is 2.88 bits per heavy atom. The van der Waals surface area contributed by atoms with Gasteiger partial charge in [0.25, 0.3) is 0 Å². The molecule has 2 aromatic rings. The van der Waals surface area contributed by atoms with Gasteiger partial charge in [-0.3, -0.25) is 4.79 Å². The summed E-state index contributed by atoms with van der Waals surface area (Å²) in [6.07, 6.45) is 19.8. The number of aromatic amines is 1. The first kappa shape index (κ1) is 14.8. The molecule has 1 aromatic carbocycles. The summed E-state index contributed by atoms with van der Waals surface area (Å²) in [7, 11) is 0. The zero-order chi connectivity index (χ0) is 17.7. The summed E-state index contributed by atoms with van der Waals surface area (Å²) in [6.45, 7) is 0. The number of rotatable bonds is 2. The lowest BCUT2D eigenvalue weighted by molar-refractivity contribution is -0.136. The maximum atomic E-state index is 11.2. The van der Waals surface area contributed by atoms with Gasteiger partial charge in [-0.25, -0.2) is 0 Å². The fraction of sp³-hybridized carbons (Fsp3) is 0.0952. The van der Waals surface area contributed by atoms with Crippen molar-refractivity contribution in [3.05, 3.63) is 83.9 Å². The summed E-state index contributed by atoms with van der Waals surface area (Å²) in [5.41, 5.74) is 2.85. The van der Waals surface area contributed by atoms with Crippen LogP contribution in [0.3, 0.4) is 0 Å². The van der Waals surface area contributed by atoms with E-state index in [1.165, 1.54) is 0 Å². The molecule has 0 saturated heterocycles. The van der Waals surface area contributed by atoms with Gasteiger partial charge in [-0.15, -0.1) is 0 Å². The third kappa shape index (κ3) is 2.00. The molecule has 0 bridgehead atoms. The van der Waals surface area contributed by atoms with E-state index in [0.29, 0.717) is 0 Å².